The van der Waals surface area contributed by atoms with Crippen LogP contribution in [-0.2, 0) is 57.2 Å². The molecule has 54 heavy (non-hydrogen) atoms. The molecule has 0 aromatic heterocycles. The third kappa shape index (κ3) is 12.0. The second-order valence-electron chi connectivity index (χ2n) is 16.4. The normalized spacial score (nSPS) is 24.0. The Balaban J connectivity index is 0.000000294. The molecule has 4 bridgehead atoms. The van der Waals surface area contributed by atoms with Gasteiger partial charge in [0.2, 0.25) is 0 Å². The highest BCUT2D eigenvalue weighted by molar-refractivity contribution is 5.84. The fourth-order valence-corrected chi connectivity index (χ4v) is 7.60. The lowest BCUT2D eigenvalue weighted by molar-refractivity contribution is -0.255. The summed E-state index contributed by atoms with van der Waals surface area (Å²) >= 11 is 0. The summed E-state index contributed by atoms with van der Waals surface area (Å²) in [4.78, 5) is 70.9. The zero-order valence-electron chi connectivity index (χ0n) is 32.2. The van der Waals surface area contributed by atoms with E-state index in [0.29, 0.717) is 62.7 Å². The molecule has 5 rings (SSSR count). The maximum Gasteiger partial charge on any atom is 0.504 e. The van der Waals surface area contributed by atoms with E-state index in [0.717, 1.165) is 38.5 Å². The first-order valence-electron chi connectivity index (χ1n) is 19.0. The van der Waals surface area contributed by atoms with E-state index in [4.69, 9.17) is 9.47 Å². The van der Waals surface area contributed by atoms with Crippen LogP contribution in [0.2, 0.25) is 0 Å². The molecular formula is C38H56F4O12. The molecule has 16 heteroatoms. The minimum Gasteiger partial charge on any atom is -0.462 e. The van der Waals surface area contributed by atoms with Crippen LogP contribution in [0.1, 0.15) is 125 Å². The third-order valence-electron chi connectivity index (χ3n) is 11.3. The quantitative estimate of drug-likeness (QED) is 0.0679. The molecular weight excluding hydrogens is 724 g/mol. The Morgan fingerprint density at radius 3 is 1.28 bits per heavy atom. The van der Waals surface area contributed by atoms with E-state index in [-0.39, 0.29) is 13.2 Å². The highest BCUT2D eigenvalue weighted by Gasteiger charge is 2.58. The number of ether oxygens (including phenoxy) is 6. The molecule has 0 unspecified atom stereocenters. The standard InChI is InChI=1S/C21H30F2O6.C17H26F2O6/c1-4-19(2,3)16(24)27-5-6-28-18(26)21(22,23)29-17(25)20-10-13-7-14(11-20)9-15(8-13)12-20;1-4-16(2,3)14(21)23-10-11-24-15(22)17(18,19)25-13(20)12-8-6-5-7-9-12/h13-15H,4-12H2,1-3H3;12H,4-11H2,1-3H3. The molecule has 0 heterocycles. The topological polar surface area (TPSA) is 158 Å². The van der Waals surface area contributed by atoms with Gasteiger partial charge in [0.05, 0.1) is 22.2 Å². The molecule has 0 spiro atoms. The van der Waals surface area contributed by atoms with Crippen LogP contribution in [-0.4, -0.2) is 74.5 Å². The van der Waals surface area contributed by atoms with Crippen LogP contribution >= 0.6 is 0 Å². The molecule has 0 aromatic rings. The smallest absolute Gasteiger partial charge is 0.462 e. The zero-order chi connectivity index (χ0) is 40.5. The van der Waals surface area contributed by atoms with Crippen molar-refractivity contribution >= 4 is 35.8 Å². The number of alkyl halides is 4. The van der Waals surface area contributed by atoms with E-state index in [1.165, 1.54) is 0 Å². The maximum absolute atomic E-state index is 14.2. The van der Waals surface area contributed by atoms with Gasteiger partial charge in [-0.25, -0.2) is 9.59 Å². The molecule has 12 nitrogen and oxygen atoms in total. The SMILES string of the molecule is CCC(C)(C)C(=O)OCCOC(=O)C(F)(F)OC(=O)C12CC3CC(CC(C3)C1)C2.CCC(C)(C)C(=O)OCCOC(=O)C(F)(F)OC(=O)C1CCCCC1. The Morgan fingerprint density at radius 2 is 0.907 bits per heavy atom. The molecule has 0 aliphatic heterocycles. The second-order valence-corrected chi connectivity index (χ2v) is 16.4. The Morgan fingerprint density at radius 1 is 0.556 bits per heavy atom. The summed E-state index contributed by atoms with van der Waals surface area (Å²) in [6.45, 7) is 8.62. The minimum atomic E-state index is -4.35. The molecule has 5 aliphatic carbocycles. The first-order chi connectivity index (χ1) is 25.1. The summed E-state index contributed by atoms with van der Waals surface area (Å²) in [6, 6.07) is 0. The van der Waals surface area contributed by atoms with Crippen molar-refractivity contribution in [2.24, 2.45) is 39.9 Å². The van der Waals surface area contributed by atoms with Gasteiger partial charge in [-0.15, -0.1) is 0 Å². The van der Waals surface area contributed by atoms with Gasteiger partial charge in [0, 0.05) is 0 Å². The van der Waals surface area contributed by atoms with E-state index in [1.807, 2.05) is 13.8 Å². The van der Waals surface area contributed by atoms with Crippen LogP contribution in [0.4, 0.5) is 17.6 Å². The number of rotatable bonds is 16. The number of hydrogen-bond donors (Lipinski definition) is 0. The van der Waals surface area contributed by atoms with E-state index in [9.17, 15) is 46.3 Å². The number of carbonyl (C=O) groups is 6. The number of halogens is 4. The summed E-state index contributed by atoms with van der Waals surface area (Å²) in [5.74, 6) is -6.46. The largest absolute Gasteiger partial charge is 0.504 e. The van der Waals surface area contributed by atoms with Crippen molar-refractivity contribution in [1.29, 1.82) is 0 Å². The molecule has 5 saturated carbocycles. The van der Waals surface area contributed by atoms with Crippen molar-refractivity contribution in [2.75, 3.05) is 26.4 Å². The Kier molecular flexibility index (Phi) is 15.4. The van der Waals surface area contributed by atoms with Crippen molar-refractivity contribution < 1.29 is 74.8 Å². The van der Waals surface area contributed by atoms with Gasteiger partial charge in [0.15, 0.2) is 0 Å². The fraction of sp³-hybridized carbons (Fsp3) is 0.842. The van der Waals surface area contributed by atoms with Crippen molar-refractivity contribution in [3.8, 4) is 0 Å². The summed E-state index contributed by atoms with van der Waals surface area (Å²) in [7, 11) is 0. The Hall–Kier alpha value is -3.46. The highest BCUT2D eigenvalue weighted by Crippen LogP contribution is 2.60. The maximum atomic E-state index is 14.2. The molecule has 0 amide bonds. The van der Waals surface area contributed by atoms with E-state index in [1.54, 1.807) is 27.7 Å². The summed E-state index contributed by atoms with van der Waals surface area (Å²) in [5.41, 5.74) is -2.30. The molecule has 0 radical (unpaired) electrons. The molecule has 0 atom stereocenters. The van der Waals surface area contributed by atoms with Gasteiger partial charge in [-0.2, -0.15) is 17.6 Å². The third-order valence-corrected chi connectivity index (χ3v) is 11.3. The van der Waals surface area contributed by atoms with E-state index < -0.39 is 83.4 Å². The van der Waals surface area contributed by atoms with Gasteiger partial charge >= 0.3 is 48.0 Å². The van der Waals surface area contributed by atoms with Gasteiger partial charge in [-0.1, -0.05) is 33.1 Å². The van der Waals surface area contributed by atoms with Crippen LogP contribution < -0.4 is 0 Å². The molecule has 308 valence electrons. The monoisotopic (exact) mass is 780 g/mol. The fourth-order valence-electron chi connectivity index (χ4n) is 7.60. The van der Waals surface area contributed by atoms with Crippen LogP contribution in [0.3, 0.4) is 0 Å². The first kappa shape index (κ1) is 44.9. The lowest BCUT2D eigenvalue weighted by atomic mass is 9.49. The van der Waals surface area contributed by atoms with E-state index in [2.05, 4.69) is 18.9 Å². The minimum absolute atomic E-state index is 0.340. The van der Waals surface area contributed by atoms with Crippen molar-refractivity contribution in [2.45, 2.75) is 137 Å². The zero-order valence-corrected chi connectivity index (χ0v) is 32.2. The second kappa shape index (κ2) is 18.4. The number of esters is 6. The van der Waals surface area contributed by atoms with E-state index >= 15 is 0 Å². The van der Waals surface area contributed by atoms with Crippen LogP contribution in [0.15, 0.2) is 0 Å². The van der Waals surface area contributed by atoms with Crippen LogP contribution in [0, 0.1) is 39.9 Å². The van der Waals surface area contributed by atoms with Crippen molar-refractivity contribution in [3.05, 3.63) is 0 Å². The van der Waals surface area contributed by atoms with Gasteiger partial charge in [0.25, 0.3) is 0 Å². The van der Waals surface area contributed by atoms with Crippen LogP contribution in [0.5, 0.6) is 0 Å². The van der Waals surface area contributed by atoms with Gasteiger partial charge in [-0.05, 0) is 110 Å². The Labute approximate surface area is 314 Å². The summed E-state index contributed by atoms with van der Waals surface area (Å²) in [6.07, 6.45) is 0.694. The van der Waals surface area contributed by atoms with Crippen molar-refractivity contribution in [1.82, 2.24) is 0 Å². The Bertz CT molecular complexity index is 1320. The lowest BCUT2D eigenvalue weighted by Crippen LogP contribution is -2.52. The summed E-state index contributed by atoms with van der Waals surface area (Å²) in [5, 5.41) is 0. The average molecular weight is 781 g/mol. The van der Waals surface area contributed by atoms with Gasteiger partial charge in [-0.3, -0.25) is 19.2 Å². The summed E-state index contributed by atoms with van der Waals surface area (Å²) < 4.78 is 82.6. The number of hydrogen-bond acceptors (Lipinski definition) is 12. The van der Waals surface area contributed by atoms with Gasteiger partial charge < -0.3 is 28.4 Å². The number of carbonyl (C=O) groups excluding carboxylic acids is 6. The molecule has 0 saturated heterocycles. The molecule has 5 fully saturated rings. The molecule has 0 N–H and O–H groups in total. The van der Waals surface area contributed by atoms with Gasteiger partial charge in [0.1, 0.15) is 26.4 Å². The average Bonchev–Trinajstić information content (AvgIpc) is 3.11. The highest BCUT2D eigenvalue weighted by atomic mass is 19.3. The predicted octanol–water partition coefficient (Wildman–Crippen LogP) is 7.09. The predicted molar refractivity (Wildman–Crippen MR) is 181 cm³/mol. The van der Waals surface area contributed by atoms with Crippen molar-refractivity contribution in [3.63, 3.8) is 0 Å². The van der Waals surface area contributed by atoms with Crippen LogP contribution in [0.25, 0.3) is 0 Å². The lowest BCUT2D eigenvalue weighted by Gasteiger charge is -2.55. The molecule has 0 aromatic carbocycles. The molecule has 5 aliphatic rings. The first-order valence-corrected chi connectivity index (χ1v) is 19.0.